The average molecular weight is 539 g/mol. The van der Waals surface area contributed by atoms with E-state index in [4.69, 9.17) is 9.47 Å². The van der Waals surface area contributed by atoms with Crippen molar-refractivity contribution in [1.82, 2.24) is 0 Å². The number of carbonyl (C=O) groups excluding carboxylic acids is 1. The summed E-state index contributed by atoms with van der Waals surface area (Å²) < 4.78 is 10.9. The lowest BCUT2D eigenvalue weighted by atomic mass is 9.72. The molecule has 1 unspecified atom stereocenters. The van der Waals surface area contributed by atoms with Crippen molar-refractivity contribution in [2.75, 3.05) is 6.61 Å². The van der Waals surface area contributed by atoms with Gasteiger partial charge in [0.05, 0.1) is 6.61 Å². The van der Waals surface area contributed by atoms with Gasteiger partial charge in [0.2, 0.25) is 6.29 Å². The van der Waals surface area contributed by atoms with Crippen molar-refractivity contribution in [1.29, 1.82) is 0 Å². The summed E-state index contributed by atoms with van der Waals surface area (Å²) in [5, 5.41) is 39.2. The molecule has 0 saturated carbocycles. The summed E-state index contributed by atoms with van der Waals surface area (Å²) in [5.41, 5.74) is 5.49. The predicted molar refractivity (Wildman–Crippen MR) is 151 cm³/mol. The Morgan fingerprint density at radius 3 is 2.38 bits per heavy atom. The fourth-order valence-corrected chi connectivity index (χ4v) is 4.97. The Morgan fingerprint density at radius 1 is 1.05 bits per heavy atom. The van der Waals surface area contributed by atoms with E-state index in [0.29, 0.717) is 11.3 Å². The Balaban J connectivity index is 1.58. The number of aliphatic hydroxyl groups is 4. The lowest BCUT2D eigenvalue weighted by Gasteiger charge is -2.39. The SMILES string of the molecule is CC(C=CC1=C(C)CCCC1(C)C)=CC=CC(C)=CC(=O)c1ccc(OC2O[C@H](CO)[C@@H](O)[C@H](O)[C@H]2O)cc1. The highest BCUT2D eigenvalue weighted by atomic mass is 16.7. The van der Waals surface area contributed by atoms with E-state index in [9.17, 15) is 25.2 Å². The number of ketones is 1. The van der Waals surface area contributed by atoms with Crippen molar-refractivity contribution in [3.63, 3.8) is 0 Å². The van der Waals surface area contributed by atoms with Crippen LogP contribution in [-0.2, 0) is 4.74 Å². The number of carbonyl (C=O) groups is 1. The molecule has 7 heteroatoms. The molecule has 2 aliphatic rings. The second-order valence-electron chi connectivity index (χ2n) is 11.1. The van der Waals surface area contributed by atoms with Gasteiger partial charge in [0.1, 0.15) is 30.2 Å². The standard InChI is InChI=1S/C32H42O7/c1-20(11-16-25-22(3)10-7-17-32(25,4)5)8-6-9-21(2)18-26(34)23-12-14-24(15-13-23)38-31-30(37)29(36)28(35)27(19-33)39-31/h6,8-9,11-16,18,27-31,33,35-37H,7,10,17,19H2,1-5H3/t27-,28-,29+,30-,31?/m1/s1. The third-order valence-electron chi connectivity index (χ3n) is 7.37. The summed E-state index contributed by atoms with van der Waals surface area (Å²) in [7, 11) is 0. The highest BCUT2D eigenvalue weighted by Gasteiger charge is 2.44. The molecule has 5 atom stereocenters. The Bertz CT molecular complexity index is 1150. The fourth-order valence-electron chi connectivity index (χ4n) is 4.97. The zero-order valence-corrected chi connectivity index (χ0v) is 23.5. The molecule has 4 N–H and O–H groups in total. The molecule has 39 heavy (non-hydrogen) atoms. The van der Waals surface area contributed by atoms with E-state index >= 15 is 0 Å². The van der Waals surface area contributed by atoms with Crippen molar-refractivity contribution >= 4 is 5.78 Å². The Kier molecular flexibility index (Phi) is 10.6. The van der Waals surface area contributed by atoms with Gasteiger partial charge >= 0.3 is 0 Å². The minimum absolute atomic E-state index is 0.168. The van der Waals surface area contributed by atoms with Gasteiger partial charge in [-0.2, -0.15) is 0 Å². The molecule has 1 aromatic rings. The number of allylic oxidation sites excluding steroid dienone is 10. The second kappa shape index (κ2) is 13.5. The van der Waals surface area contributed by atoms with E-state index in [-0.39, 0.29) is 11.2 Å². The van der Waals surface area contributed by atoms with Crippen LogP contribution >= 0.6 is 0 Å². The van der Waals surface area contributed by atoms with E-state index < -0.39 is 37.3 Å². The molecule has 0 amide bonds. The summed E-state index contributed by atoms with van der Waals surface area (Å²) in [6.45, 7) is 10.2. The first kappa shape index (κ1) is 30.7. The average Bonchev–Trinajstić information content (AvgIpc) is 2.88. The van der Waals surface area contributed by atoms with Crippen LogP contribution < -0.4 is 4.74 Å². The summed E-state index contributed by atoms with van der Waals surface area (Å²) >= 11 is 0. The van der Waals surface area contributed by atoms with E-state index in [1.165, 1.54) is 24.0 Å². The summed E-state index contributed by atoms with van der Waals surface area (Å²) in [6.07, 6.45) is 8.58. The first-order valence-electron chi connectivity index (χ1n) is 13.5. The highest BCUT2D eigenvalue weighted by Crippen LogP contribution is 2.40. The third-order valence-corrected chi connectivity index (χ3v) is 7.37. The summed E-state index contributed by atoms with van der Waals surface area (Å²) in [5.74, 6) is 0.131. The van der Waals surface area contributed by atoms with Crippen LogP contribution in [0.2, 0.25) is 0 Å². The molecule has 1 aliphatic heterocycles. The second-order valence-corrected chi connectivity index (χ2v) is 11.1. The minimum atomic E-state index is -1.52. The molecule has 0 radical (unpaired) electrons. The first-order chi connectivity index (χ1) is 18.4. The van der Waals surface area contributed by atoms with E-state index in [1.54, 1.807) is 30.3 Å². The van der Waals surface area contributed by atoms with Gasteiger partial charge in [0.25, 0.3) is 0 Å². The molecule has 1 aromatic carbocycles. The van der Waals surface area contributed by atoms with Crippen molar-refractivity contribution in [3.05, 3.63) is 88.6 Å². The monoisotopic (exact) mass is 538 g/mol. The first-order valence-corrected chi connectivity index (χ1v) is 13.5. The molecule has 3 rings (SSSR count). The van der Waals surface area contributed by atoms with Crippen LogP contribution in [0.3, 0.4) is 0 Å². The zero-order chi connectivity index (χ0) is 28.7. The lowest BCUT2D eigenvalue weighted by molar-refractivity contribution is -0.277. The predicted octanol–water partition coefficient (Wildman–Crippen LogP) is 4.58. The summed E-state index contributed by atoms with van der Waals surface area (Å²) in [6, 6.07) is 6.29. The summed E-state index contributed by atoms with van der Waals surface area (Å²) in [4.78, 5) is 12.7. The third kappa shape index (κ3) is 8.10. The molecule has 1 aliphatic carbocycles. The Morgan fingerprint density at radius 2 is 1.74 bits per heavy atom. The van der Waals surface area contributed by atoms with Gasteiger partial charge in [0, 0.05) is 5.56 Å². The molecule has 1 fully saturated rings. The number of ether oxygens (including phenoxy) is 2. The largest absolute Gasteiger partial charge is 0.462 e. The van der Waals surface area contributed by atoms with Crippen LogP contribution in [0.25, 0.3) is 0 Å². The van der Waals surface area contributed by atoms with Crippen LogP contribution in [0.15, 0.2) is 83.0 Å². The van der Waals surface area contributed by atoms with Crippen LogP contribution in [0.1, 0.15) is 64.2 Å². The van der Waals surface area contributed by atoms with Crippen molar-refractivity contribution in [2.45, 2.75) is 84.6 Å². The Hall–Kier alpha value is -2.81. The molecular formula is C32H42O7. The van der Waals surface area contributed by atoms with E-state index in [1.807, 2.05) is 25.2 Å². The maximum atomic E-state index is 12.7. The van der Waals surface area contributed by atoms with Gasteiger partial charge < -0.3 is 29.9 Å². The molecule has 1 heterocycles. The molecule has 0 spiro atoms. The van der Waals surface area contributed by atoms with Gasteiger partial charge in [0.15, 0.2) is 5.78 Å². The van der Waals surface area contributed by atoms with Crippen LogP contribution in [0, 0.1) is 5.41 Å². The molecule has 0 aromatic heterocycles. The van der Waals surface area contributed by atoms with E-state index in [0.717, 1.165) is 17.6 Å². The molecular weight excluding hydrogens is 496 g/mol. The molecule has 0 bridgehead atoms. The fraction of sp³-hybridized carbons (Fsp3) is 0.469. The molecule has 7 nitrogen and oxygen atoms in total. The van der Waals surface area contributed by atoms with Gasteiger partial charge in [-0.25, -0.2) is 0 Å². The maximum absolute atomic E-state index is 12.7. The minimum Gasteiger partial charge on any atom is -0.462 e. The normalized spacial score (nSPS) is 28.4. The Labute approximate surface area is 231 Å². The van der Waals surface area contributed by atoms with Crippen molar-refractivity contribution in [2.24, 2.45) is 5.41 Å². The number of hydrogen-bond donors (Lipinski definition) is 4. The number of rotatable bonds is 9. The topological polar surface area (TPSA) is 116 Å². The van der Waals surface area contributed by atoms with Gasteiger partial charge in [-0.1, -0.05) is 55.4 Å². The smallest absolute Gasteiger partial charge is 0.229 e. The van der Waals surface area contributed by atoms with Crippen molar-refractivity contribution < 1.29 is 34.7 Å². The quantitative estimate of drug-likeness (QED) is 0.207. The molecule has 1 saturated heterocycles. The lowest BCUT2D eigenvalue weighted by Crippen LogP contribution is -2.60. The van der Waals surface area contributed by atoms with Crippen LogP contribution in [0.5, 0.6) is 5.75 Å². The molecule has 212 valence electrons. The number of hydrogen-bond acceptors (Lipinski definition) is 7. The van der Waals surface area contributed by atoms with Gasteiger partial charge in [-0.15, -0.1) is 0 Å². The maximum Gasteiger partial charge on any atom is 0.229 e. The highest BCUT2D eigenvalue weighted by molar-refractivity contribution is 6.05. The number of benzene rings is 1. The number of aliphatic hydroxyl groups excluding tert-OH is 4. The van der Waals surface area contributed by atoms with E-state index in [2.05, 4.69) is 39.8 Å². The van der Waals surface area contributed by atoms with Gasteiger partial charge in [-0.05, 0) is 86.9 Å². The van der Waals surface area contributed by atoms with Crippen molar-refractivity contribution in [3.8, 4) is 5.75 Å². The van der Waals surface area contributed by atoms with Crippen LogP contribution in [-0.4, -0.2) is 63.5 Å². The zero-order valence-electron chi connectivity index (χ0n) is 23.5. The van der Waals surface area contributed by atoms with Gasteiger partial charge in [-0.3, -0.25) is 4.79 Å². The van der Waals surface area contributed by atoms with Crippen LogP contribution in [0.4, 0.5) is 0 Å².